The maximum absolute atomic E-state index is 11.4. The second-order valence-corrected chi connectivity index (χ2v) is 5.44. The molecule has 0 amide bonds. The third-order valence-corrected chi connectivity index (χ3v) is 3.94. The van der Waals surface area contributed by atoms with E-state index in [0.29, 0.717) is 12.8 Å². The lowest BCUT2D eigenvalue weighted by Crippen LogP contribution is -2.26. The summed E-state index contributed by atoms with van der Waals surface area (Å²) in [5, 5.41) is 9.38. The predicted molar refractivity (Wildman–Crippen MR) is 75.8 cm³/mol. The smallest absolute Gasteiger partial charge is 0.326 e. The molecule has 0 aliphatic carbocycles. The molecule has 0 radical (unpaired) electrons. The molecule has 2 aromatic rings. The van der Waals surface area contributed by atoms with Crippen molar-refractivity contribution in [3.63, 3.8) is 0 Å². The molecule has 1 aromatic carbocycles. The highest BCUT2D eigenvalue weighted by Gasteiger charge is 2.28. The number of rotatable bonds is 3. The molecule has 0 saturated heterocycles. The molecule has 0 saturated carbocycles. The monoisotopic (exact) mass is 270 g/mol. The molecule has 104 valence electrons. The van der Waals surface area contributed by atoms with E-state index in [-0.39, 0.29) is 0 Å². The van der Waals surface area contributed by atoms with E-state index in [0.717, 1.165) is 24.4 Å². The van der Waals surface area contributed by atoms with Crippen molar-refractivity contribution in [3.8, 4) is 0 Å². The third-order valence-electron chi connectivity index (χ3n) is 3.94. The summed E-state index contributed by atoms with van der Waals surface area (Å²) in [5.41, 5.74) is 3.44. The first-order valence-corrected chi connectivity index (χ1v) is 6.98. The molecule has 20 heavy (non-hydrogen) atoms. The molecule has 1 aromatic heterocycles. The Morgan fingerprint density at radius 2 is 2.15 bits per heavy atom. The Kier molecular flexibility index (Phi) is 3.30. The molecular formula is C16H18N2O2. The van der Waals surface area contributed by atoms with Gasteiger partial charge in [-0.05, 0) is 31.7 Å². The predicted octanol–water partition coefficient (Wildman–Crippen LogP) is 2.74. The van der Waals surface area contributed by atoms with E-state index < -0.39 is 12.0 Å². The highest BCUT2D eigenvalue weighted by atomic mass is 16.4. The van der Waals surface area contributed by atoms with E-state index in [1.165, 1.54) is 11.1 Å². The lowest BCUT2D eigenvalue weighted by atomic mass is 10.0. The number of aliphatic carboxylic acids is 1. The molecule has 0 spiro atoms. The second kappa shape index (κ2) is 5.12. The fourth-order valence-corrected chi connectivity index (χ4v) is 2.86. The largest absolute Gasteiger partial charge is 0.480 e. The number of carboxylic acids is 1. The average Bonchev–Trinajstić information content (AvgIpc) is 2.84. The van der Waals surface area contributed by atoms with Crippen LogP contribution in [0.2, 0.25) is 0 Å². The van der Waals surface area contributed by atoms with Gasteiger partial charge in [0.1, 0.15) is 11.9 Å². The molecule has 1 unspecified atom stereocenters. The number of benzene rings is 1. The van der Waals surface area contributed by atoms with Crippen molar-refractivity contribution in [2.45, 2.75) is 38.6 Å². The number of carboxylic acid groups (broad SMARTS) is 1. The minimum atomic E-state index is -0.755. The van der Waals surface area contributed by atoms with Crippen LogP contribution in [0, 0.1) is 6.92 Å². The molecule has 1 aliphatic heterocycles. The number of hydrogen-bond donors (Lipinski definition) is 1. The lowest BCUT2D eigenvalue weighted by molar-refractivity contribution is -0.141. The summed E-state index contributed by atoms with van der Waals surface area (Å²) in [7, 11) is 0. The Morgan fingerprint density at radius 3 is 2.85 bits per heavy atom. The summed E-state index contributed by atoms with van der Waals surface area (Å²) in [6.07, 6.45) is 5.06. The molecule has 2 heterocycles. The number of fused-ring (bicyclic) bond motifs is 1. The van der Waals surface area contributed by atoms with Crippen molar-refractivity contribution in [3.05, 3.63) is 53.1 Å². The summed E-state index contributed by atoms with van der Waals surface area (Å²) in [6.45, 7) is 2.06. The Morgan fingerprint density at radius 1 is 1.40 bits per heavy atom. The van der Waals surface area contributed by atoms with Crippen LogP contribution < -0.4 is 0 Å². The molecule has 1 atom stereocenters. The van der Waals surface area contributed by atoms with Crippen molar-refractivity contribution in [2.24, 2.45) is 0 Å². The van der Waals surface area contributed by atoms with Crippen LogP contribution in [-0.2, 0) is 17.6 Å². The van der Waals surface area contributed by atoms with Crippen LogP contribution in [0.15, 0.2) is 30.5 Å². The minimum Gasteiger partial charge on any atom is -0.480 e. The van der Waals surface area contributed by atoms with Crippen molar-refractivity contribution >= 4 is 5.97 Å². The van der Waals surface area contributed by atoms with Crippen molar-refractivity contribution in [2.75, 3.05) is 0 Å². The number of imidazole rings is 1. The first-order valence-electron chi connectivity index (χ1n) is 6.98. The van der Waals surface area contributed by atoms with Gasteiger partial charge in [0.2, 0.25) is 0 Å². The quantitative estimate of drug-likeness (QED) is 0.933. The van der Waals surface area contributed by atoms with Gasteiger partial charge in [-0.25, -0.2) is 9.78 Å². The van der Waals surface area contributed by atoms with Crippen LogP contribution in [0.5, 0.6) is 0 Å². The number of aryl methyl sites for hydroxylation is 2. The zero-order valence-electron chi connectivity index (χ0n) is 11.5. The van der Waals surface area contributed by atoms with Gasteiger partial charge in [-0.1, -0.05) is 29.8 Å². The van der Waals surface area contributed by atoms with Gasteiger partial charge in [-0.15, -0.1) is 0 Å². The molecule has 1 aliphatic rings. The van der Waals surface area contributed by atoms with Crippen molar-refractivity contribution < 1.29 is 9.90 Å². The number of hydrogen-bond acceptors (Lipinski definition) is 2. The van der Waals surface area contributed by atoms with Crippen molar-refractivity contribution in [1.82, 2.24) is 9.55 Å². The highest BCUT2D eigenvalue weighted by Crippen LogP contribution is 2.27. The van der Waals surface area contributed by atoms with Gasteiger partial charge >= 0.3 is 5.97 Å². The van der Waals surface area contributed by atoms with E-state index in [1.54, 1.807) is 0 Å². The van der Waals surface area contributed by atoms with E-state index in [4.69, 9.17) is 0 Å². The molecule has 1 N–H and O–H groups in total. The summed E-state index contributed by atoms with van der Waals surface area (Å²) in [4.78, 5) is 15.9. The summed E-state index contributed by atoms with van der Waals surface area (Å²) in [5.74, 6) is 0.102. The topological polar surface area (TPSA) is 55.1 Å². The van der Waals surface area contributed by atoms with Crippen LogP contribution in [0.3, 0.4) is 0 Å². The van der Waals surface area contributed by atoms with Crippen LogP contribution in [0.4, 0.5) is 0 Å². The summed E-state index contributed by atoms with van der Waals surface area (Å²) >= 11 is 0. The SMILES string of the molecule is Cc1ccc(Cc2ncc3n2C(C(=O)O)CCC3)cc1. The lowest BCUT2D eigenvalue weighted by Gasteiger charge is -2.24. The molecule has 4 nitrogen and oxygen atoms in total. The van der Waals surface area contributed by atoms with E-state index in [2.05, 4.69) is 36.2 Å². The van der Waals surface area contributed by atoms with E-state index in [9.17, 15) is 9.90 Å². The zero-order chi connectivity index (χ0) is 14.1. The van der Waals surface area contributed by atoms with Crippen molar-refractivity contribution in [1.29, 1.82) is 0 Å². The van der Waals surface area contributed by atoms with Gasteiger partial charge in [0.15, 0.2) is 0 Å². The zero-order valence-corrected chi connectivity index (χ0v) is 11.5. The van der Waals surface area contributed by atoms with E-state index in [1.807, 2.05) is 10.8 Å². The maximum Gasteiger partial charge on any atom is 0.326 e. The first kappa shape index (κ1) is 12.9. The average molecular weight is 270 g/mol. The van der Waals surface area contributed by atoms with Gasteiger partial charge in [0.25, 0.3) is 0 Å². The van der Waals surface area contributed by atoms with Crippen LogP contribution >= 0.6 is 0 Å². The number of carbonyl (C=O) groups is 1. The molecule has 0 bridgehead atoms. The fraction of sp³-hybridized carbons (Fsp3) is 0.375. The minimum absolute atomic E-state index is 0.457. The number of aromatic nitrogens is 2. The van der Waals surface area contributed by atoms with Crippen LogP contribution in [0.25, 0.3) is 0 Å². The van der Waals surface area contributed by atoms with Gasteiger partial charge < -0.3 is 9.67 Å². The normalized spacial score (nSPS) is 17.8. The molecule has 3 rings (SSSR count). The molecule has 4 heteroatoms. The molecular weight excluding hydrogens is 252 g/mol. The summed E-state index contributed by atoms with van der Waals surface area (Å²) < 4.78 is 1.92. The van der Waals surface area contributed by atoms with Crippen LogP contribution in [0.1, 0.15) is 41.5 Å². The standard InChI is InChI=1S/C16H18N2O2/c1-11-5-7-12(8-6-11)9-15-17-10-13-3-2-4-14(16(19)20)18(13)15/h5-8,10,14H,2-4,9H2,1H3,(H,19,20). The Balaban J connectivity index is 1.93. The Labute approximate surface area is 118 Å². The van der Waals surface area contributed by atoms with Gasteiger partial charge in [0, 0.05) is 18.3 Å². The van der Waals surface area contributed by atoms with Gasteiger partial charge in [0.05, 0.1) is 0 Å². The number of nitrogens with zero attached hydrogens (tertiary/aromatic N) is 2. The maximum atomic E-state index is 11.4. The van der Waals surface area contributed by atoms with E-state index >= 15 is 0 Å². The molecule has 0 fully saturated rings. The van der Waals surface area contributed by atoms with Crippen LogP contribution in [-0.4, -0.2) is 20.6 Å². The fourth-order valence-electron chi connectivity index (χ4n) is 2.86. The third kappa shape index (κ3) is 2.33. The van der Waals surface area contributed by atoms with Gasteiger partial charge in [-0.2, -0.15) is 0 Å². The first-order chi connectivity index (χ1) is 9.65. The second-order valence-electron chi connectivity index (χ2n) is 5.44. The Hall–Kier alpha value is -2.10. The Bertz CT molecular complexity index is 628. The highest BCUT2D eigenvalue weighted by molar-refractivity contribution is 5.72. The summed E-state index contributed by atoms with van der Waals surface area (Å²) in [6, 6.07) is 7.85. The van der Waals surface area contributed by atoms with Gasteiger partial charge in [-0.3, -0.25) is 0 Å².